The van der Waals surface area contributed by atoms with Crippen molar-refractivity contribution in [2.45, 2.75) is 33.4 Å². The predicted octanol–water partition coefficient (Wildman–Crippen LogP) is 3.85. The van der Waals surface area contributed by atoms with Crippen molar-refractivity contribution in [1.29, 1.82) is 0 Å². The zero-order valence-corrected chi connectivity index (χ0v) is 19.2. The molecule has 0 radical (unpaired) electrons. The van der Waals surface area contributed by atoms with Gasteiger partial charge in [-0.25, -0.2) is 0 Å². The summed E-state index contributed by atoms with van der Waals surface area (Å²) < 4.78 is 7.60. The maximum absolute atomic E-state index is 13.9. The first kappa shape index (κ1) is 22.2. The molecule has 0 bridgehead atoms. The van der Waals surface area contributed by atoms with E-state index in [1.54, 1.807) is 6.20 Å². The number of nitrogens with zero attached hydrogens (tertiary/aromatic N) is 4. The quantitative estimate of drug-likeness (QED) is 0.569. The number of aryl methyl sites for hydroxylation is 1. The summed E-state index contributed by atoms with van der Waals surface area (Å²) in [5.74, 6) is 0.0675. The van der Waals surface area contributed by atoms with E-state index in [9.17, 15) is 4.79 Å². The van der Waals surface area contributed by atoms with Gasteiger partial charge in [-0.1, -0.05) is 30.3 Å². The summed E-state index contributed by atoms with van der Waals surface area (Å²) in [6, 6.07) is 16.2. The molecule has 1 unspecified atom stereocenters. The summed E-state index contributed by atoms with van der Waals surface area (Å²) in [5, 5.41) is 0. The van der Waals surface area contributed by atoms with Gasteiger partial charge in [0.1, 0.15) is 0 Å². The van der Waals surface area contributed by atoms with Crippen LogP contribution < -0.4 is 0 Å². The van der Waals surface area contributed by atoms with Gasteiger partial charge in [0.15, 0.2) is 0 Å². The molecule has 32 heavy (non-hydrogen) atoms. The molecule has 1 saturated heterocycles. The molecule has 2 aromatic heterocycles. The molecule has 0 spiro atoms. The van der Waals surface area contributed by atoms with E-state index in [1.165, 1.54) is 0 Å². The van der Waals surface area contributed by atoms with Crippen LogP contribution in [0.3, 0.4) is 0 Å². The number of aromatic nitrogens is 2. The number of benzene rings is 1. The van der Waals surface area contributed by atoms with Crippen LogP contribution >= 0.6 is 0 Å². The van der Waals surface area contributed by atoms with Crippen molar-refractivity contribution in [2.75, 3.05) is 32.8 Å². The molecule has 1 atom stereocenters. The summed E-state index contributed by atoms with van der Waals surface area (Å²) in [7, 11) is 0. The minimum atomic E-state index is 0.0675. The highest BCUT2D eigenvalue weighted by Gasteiger charge is 2.27. The fourth-order valence-corrected chi connectivity index (χ4v) is 4.48. The van der Waals surface area contributed by atoms with Gasteiger partial charge in [-0.05, 0) is 44.5 Å². The van der Waals surface area contributed by atoms with Crippen LogP contribution in [0.5, 0.6) is 0 Å². The normalized spacial score (nSPS) is 15.5. The van der Waals surface area contributed by atoms with Crippen LogP contribution in [0.25, 0.3) is 5.69 Å². The van der Waals surface area contributed by atoms with Gasteiger partial charge in [0.05, 0.1) is 30.7 Å². The second-order valence-corrected chi connectivity index (χ2v) is 8.51. The SMILES string of the molecule is Cc1cc(C(=O)N(Cc2ccccc2)C(C)CN2CCOCC2)c(C)n1-c1cccnc1. The van der Waals surface area contributed by atoms with E-state index in [2.05, 4.69) is 33.5 Å². The molecule has 1 fully saturated rings. The molecule has 1 aliphatic rings. The molecule has 168 valence electrons. The lowest BCUT2D eigenvalue weighted by atomic mass is 10.1. The van der Waals surface area contributed by atoms with Crippen LogP contribution in [0.1, 0.15) is 34.2 Å². The minimum Gasteiger partial charge on any atom is -0.379 e. The Hall–Kier alpha value is -2.96. The Kier molecular flexibility index (Phi) is 7.02. The molecular formula is C26H32N4O2. The largest absolute Gasteiger partial charge is 0.379 e. The molecule has 0 N–H and O–H groups in total. The first-order valence-corrected chi connectivity index (χ1v) is 11.3. The zero-order chi connectivity index (χ0) is 22.5. The number of carbonyl (C=O) groups is 1. The van der Waals surface area contributed by atoms with Gasteiger partial charge in [-0.3, -0.25) is 14.7 Å². The third-order valence-corrected chi connectivity index (χ3v) is 6.18. The second kappa shape index (κ2) is 10.1. The van der Waals surface area contributed by atoms with E-state index in [1.807, 2.05) is 61.3 Å². The van der Waals surface area contributed by atoms with Crippen LogP contribution in [0, 0.1) is 13.8 Å². The molecule has 0 saturated carbocycles. The van der Waals surface area contributed by atoms with Crippen LogP contribution in [0.15, 0.2) is 60.9 Å². The van der Waals surface area contributed by atoms with E-state index >= 15 is 0 Å². The molecule has 6 heteroatoms. The number of hydrogen-bond acceptors (Lipinski definition) is 4. The van der Waals surface area contributed by atoms with Gasteiger partial charge in [0, 0.05) is 49.8 Å². The van der Waals surface area contributed by atoms with E-state index in [-0.39, 0.29) is 11.9 Å². The van der Waals surface area contributed by atoms with E-state index in [4.69, 9.17) is 4.74 Å². The topological polar surface area (TPSA) is 50.6 Å². The van der Waals surface area contributed by atoms with Gasteiger partial charge >= 0.3 is 0 Å². The third kappa shape index (κ3) is 4.92. The monoisotopic (exact) mass is 432 g/mol. The number of amides is 1. The fourth-order valence-electron chi connectivity index (χ4n) is 4.48. The number of rotatable bonds is 7. The Balaban J connectivity index is 1.63. The number of carbonyl (C=O) groups excluding carboxylic acids is 1. The maximum Gasteiger partial charge on any atom is 0.256 e. The van der Waals surface area contributed by atoms with Gasteiger partial charge in [-0.15, -0.1) is 0 Å². The highest BCUT2D eigenvalue weighted by atomic mass is 16.5. The minimum absolute atomic E-state index is 0.0675. The molecule has 6 nitrogen and oxygen atoms in total. The molecule has 1 aliphatic heterocycles. The van der Waals surface area contributed by atoms with Gasteiger partial charge < -0.3 is 14.2 Å². The average Bonchev–Trinajstić information content (AvgIpc) is 3.12. The molecule has 3 aromatic rings. The maximum atomic E-state index is 13.9. The van der Waals surface area contributed by atoms with Gasteiger partial charge in [0.25, 0.3) is 5.91 Å². The second-order valence-electron chi connectivity index (χ2n) is 8.51. The van der Waals surface area contributed by atoms with Crippen molar-refractivity contribution in [1.82, 2.24) is 19.4 Å². The van der Waals surface area contributed by atoms with Crippen molar-refractivity contribution >= 4 is 5.91 Å². The Bertz CT molecular complexity index is 1030. The lowest BCUT2D eigenvalue weighted by Crippen LogP contribution is -2.48. The highest BCUT2D eigenvalue weighted by Crippen LogP contribution is 2.23. The average molecular weight is 433 g/mol. The van der Waals surface area contributed by atoms with Gasteiger partial charge in [0.2, 0.25) is 0 Å². The number of ether oxygens (including phenoxy) is 1. The van der Waals surface area contributed by atoms with E-state index in [0.717, 1.165) is 61.1 Å². The number of morpholine rings is 1. The lowest BCUT2D eigenvalue weighted by molar-refractivity contribution is 0.0228. The number of pyridine rings is 1. The van der Waals surface area contributed by atoms with Crippen LogP contribution in [-0.4, -0.2) is 64.1 Å². The predicted molar refractivity (Wildman–Crippen MR) is 126 cm³/mol. The Morgan fingerprint density at radius 3 is 2.56 bits per heavy atom. The summed E-state index contributed by atoms with van der Waals surface area (Å²) in [6.45, 7) is 11.0. The van der Waals surface area contributed by atoms with Crippen molar-refractivity contribution in [3.05, 3.63) is 83.4 Å². The van der Waals surface area contributed by atoms with Crippen molar-refractivity contribution in [2.24, 2.45) is 0 Å². The Morgan fingerprint density at radius 1 is 1.12 bits per heavy atom. The summed E-state index contributed by atoms with van der Waals surface area (Å²) in [6.07, 6.45) is 3.59. The summed E-state index contributed by atoms with van der Waals surface area (Å²) in [5.41, 5.74) is 4.82. The van der Waals surface area contributed by atoms with Crippen molar-refractivity contribution in [3.8, 4) is 5.69 Å². The fraction of sp³-hybridized carbons (Fsp3) is 0.385. The Morgan fingerprint density at radius 2 is 1.88 bits per heavy atom. The molecule has 3 heterocycles. The van der Waals surface area contributed by atoms with Crippen LogP contribution in [0.4, 0.5) is 0 Å². The molecule has 1 aromatic carbocycles. The molecule has 0 aliphatic carbocycles. The third-order valence-electron chi connectivity index (χ3n) is 6.18. The number of hydrogen-bond donors (Lipinski definition) is 0. The molecular weight excluding hydrogens is 400 g/mol. The Labute approximate surface area is 190 Å². The first-order chi connectivity index (χ1) is 15.5. The summed E-state index contributed by atoms with van der Waals surface area (Å²) >= 11 is 0. The van der Waals surface area contributed by atoms with Crippen molar-refractivity contribution in [3.63, 3.8) is 0 Å². The van der Waals surface area contributed by atoms with Crippen LogP contribution in [-0.2, 0) is 11.3 Å². The van der Waals surface area contributed by atoms with E-state index in [0.29, 0.717) is 6.54 Å². The summed E-state index contributed by atoms with van der Waals surface area (Å²) in [4.78, 5) is 22.6. The van der Waals surface area contributed by atoms with Crippen LogP contribution in [0.2, 0.25) is 0 Å². The van der Waals surface area contributed by atoms with Gasteiger partial charge in [-0.2, -0.15) is 0 Å². The molecule has 1 amide bonds. The lowest BCUT2D eigenvalue weighted by Gasteiger charge is -2.35. The van der Waals surface area contributed by atoms with E-state index < -0.39 is 0 Å². The standard InChI is InChI=1S/C26H32N4O2/c1-20-16-25(22(3)30(20)24-10-7-11-27-17-24)26(31)29(19-23-8-5-4-6-9-23)21(2)18-28-12-14-32-15-13-28/h4-11,16-17,21H,12-15,18-19H2,1-3H3. The zero-order valence-electron chi connectivity index (χ0n) is 19.2. The highest BCUT2D eigenvalue weighted by molar-refractivity contribution is 5.96. The van der Waals surface area contributed by atoms with Crippen molar-refractivity contribution < 1.29 is 9.53 Å². The molecule has 4 rings (SSSR count). The smallest absolute Gasteiger partial charge is 0.256 e. The first-order valence-electron chi connectivity index (χ1n) is 11.3.